The number of nitrogens with one attached hydrogen (secondary N) is 4. The van der Waals surface area contributed by atoms with Gasteiger partial charge in [0.15, 0.2) is 11.3 Å². The third-order valence-electron chi connectivity index (χ3n) is 6.87. The number of pyridine rings is 1. The molecule has 5 rings (SSSR count). The number of hydrogen-bond acceptors (Lipinski definition) is 9. The van der Waals surface area contributed by atoms with Gasteiger partial charge in [-0.3, -0.25) is 9.59 Å². The molecule has 2 atom stereocenters. The van der Waals surface area contributed by atoms with E-state index >= 15 is 0 Å². The van der Waals surface area contributed by atoms with Crippen LogP contribution in [0.3, 0.4) is 0 Å². The van der Waals surface area contributed by atoms with E-state index in [1.165, 1.54) is 19.3 Å². The third kappa shape index (κ3) is 6.14. The minimum absolute atomic E-state index is 0.0125. The number of imidazole rings is 1. The lowest BCUT2D eigenvalue weighted by molar-refractivity contribution is -0.125. The molecule has 0 bridgehead atoms. The first-order valence-corrected chi connectivity index (χ1v) is 13.2. The molecule has 0 unspecified atom stereocenters. The molecular formula is C25H32ClN9O3. The minimum atomic E-state index is -0.934. The molecule has 0 aromatic carbocycles. The number of carbonyl (C=O) groups excluding carboxylic acids is 2. The third-order valence-corrected chi connectivity index (χ3v) is 7.08. The fraction of sp³-hybridized carbons (Fsp3) is 0.480. The summed E-state index contributed by atoms with van der Waals surface area (Å²) in [5.74, 6) is -0.0732. The Morgan fingerprint density at radius 1 is 1.08 bits per heavy atom. The van der Waals surface area contributed by atoms with E-state index in [1.807, 2.05) is 6.07 Å². The van der Waals surface area contributed by atoms with Crippen LogP contribution in [0.1, 0.15) is 55.9 Å². The number of nitrogens with two attached hydrogens (primary N) is 1. The molecule has 38 heavy (non-hydrogen) atoms. The number of aliphatic hydroxyl groups excluding tert-OH is 1. The number of halogens is 1. The van der Waals surface area contributed by atoms with E-state index < -0.39 is 12.1 Å². The van der Waals surface area contributed by atoms with E-state index in [4.69, 9.17) is 22.4 Å². The van der Waals surface area contributed by atoms with Gasteiger partial charge in [0.25, 0.3) is 5.91 Å². The van der Waals surface area contributed by atoms with E-state index in [9.17, 15) is 14.7 Å². The highest BCUT2D eigenvalue weighted by Crippen LogP contribution is 2.30. The fourth-order valence-electron chi connectivity index (χ4n) is 4.53. The zero-order chi connectivity index (χ0) is 26.8. The molecule has 2 saturated carbocycles. The lowest BCUT2D eigenvalue weighted by Gasteiger charge is -2.31. The maximum Gasteiger partial charge on any atom is 0.276 e. The number of carbonyl (C=O) groups is 2. The predicted octanol–water partition coefficient (Wildman–Crippen LogP) is 2.15. The quantitative estimate of drug-likeness (QED) is 0.222. The smallest absolute Gasteiger partial charge is 0.276 e. The van der Waals surface area contributed by atoms with Gasteiger partial charge in [0, 0.05) is 36.1 Å². The van der Waals surface area contributed by atoms with Crippen LogP contribution in [0.4, 0.5) is 17.2 Å². The van der Waals surface area contributed by atoms with Crippen molar-refractivity contribution >= 4 is 46.3 Å². The van der Waals surface area contributed by atoms with Crippen LogP contribution in [-0.2, 0) is 4.79 Å². The molecule has 202 valence electrons. The number of nitrogens with zero attached hydrogens (tertiary/aromatic N) is 4. The van der Waals surface area contributed by atoms with Gasteiger partial charge in [0.2, 0.25) is 5.91 Å². The average molecular weight is 542 g/mol. The maximum absolute atomic E-state index is 13.1. The van der Waals surface area contributed by atoms with Gasteiger partial charge in [-0.25, -0.2) is 14.5 Å². The molecule has 2 aliphatic carbocycles. The summed E-state index contributed by atoms with van der Waals surface area (Å²) in [6.45, 7) is 1.51. The molecule has 2 aliphatic rings. The van der Waals surface area contributed by atoms with Crippen molar-refractivity contribution in [1.82, 2.24) is 24.9 Å². The van der Waals surface area contributed by atoms with Crippen molar-refractivity contribution in [3.8, 4) is 0 Å². The number of hydrogen-bond donors (Lipinski definition) is 6. The summed E-state index contributed by atoms with van der Waals surface area (Å²) >= 11 is 5.95. The van der Waals surface area contributed by atoms with Crippen molar-refractivity contribution in [3.63, 3.8) is 0 Å². The van der Waals surface area contributed by atoms with E-state index in [-0.39, 0.29) is 34.7 Å². The lowest BCUT2D eigenvalue weighted by Crippen LogP contribution is -2.51. The maximum atomic E-state index is 13.1. The van der Waals surface area contributed by atoms with Crippen LogP contribution in [0.2, 0.25) is 5.15 Å². The summed E-state index contributed by atoms with van der Waals surface area (Å²) in [6.07, 6.45) is 7.49. The summed E-state index contributed by atoms with van der Waals surface area (Å²) in [7, 11) is 0. The number of aromatic nitrogens is 4. The molecule has 3 heterocycles. The Morgan fingerprint density at radius 2 is 1.76 bits per heavy atom. The van der Waals surface area contributed by atoms with Gasteiger partial charge in [-0.2, -0.15) is 0 Å². The summed E-state index contributed by atoms with van der Waals surface area (Å²) in [5.41, 5.74) is 7.94. The van der Waals surface area contributed by atoms with Crippen LogP contribution in [0, 0.1) is 0 Å². The Labute approximate surface area is 224 Å². The lowest BCUT2D eigenvalue weighted by atomic mass is 9.91. The molecule has 12 nitrogen and oxygen atoms in total. The highest BCUT2D eigenvalue weighted by atomic mass is 35.5. The topological polar surface area (TPSA) is 172 Å². The number of fused-ring (bicyclic) bond motifs is 1. The van der Waals surface area contributed by atoms with Gasteiger partial charge in [-0.15, -0.1) is 5.10 Å². The Hall–Kier alpha value is -3.48. The molecule has 0 spiro atoms. The Bertz CT molecular complexity index is 1320. The Morgan fingerprint density at radius 3 is 2.45 bits per heavy atom. The van der Waals surface area contributed by atoms with Gasteiger partial charge in [0.1, 0.15) is 17.0 Å². The van der Waals surface area contributed by atoms with Crippen LogP contribution in [-0.4, -0.2) is 66.8 Å². The second kappa shape index (κ2) is 11.1. The first-order valence-electron chi connectivity index (χ1n) is 12.9. The van der Waals surface area contributed by atoms with E-state index in [0.29, 0.717) is 23.2 Å². The first kappa shape index (κ1) is 26.1. The van der Waals surface area contributed by atoms with Crippen LogP contribution < -0.4 is 27.0 Å². The molecule has 2 amide bonds. The van der Waals surface area contributed by atoms with Gasteiger partial charge in [-0.05, 0) is 57.6 Å². The van der Waals surface area contributed by atoms with E-state index in [0.717, 1.165) is 44.2 Å². The second-order valence-corrected chi connectivity index (χ2v) is 10.4. The number of rotatable bonds is 9. The molecule has 3 aromatic rings. The highest BCUT2D eigenvalue weighted by molar-refractivity contribution is 6.29. The zero-order valence-corrected chi connectivity index (χ0v) is 21.8. The van der Waals surface area contributed by atoms with Gasteiger partial charge >= 0.3 is 0 Å². The fourth-order valence-corrected chi connectivity index (χ4v) is 4.70. The van der Waals surface area contributed by atoms with Gasteiger partial charge in [-0.1, -0.05) is 11.6 Å². The molecule has 13 heteroatoms. The van der Waals surface area contributed by atoms with Crippen molar-refractivity contribution in [2.24, 2.45) is 5.73 Å². The van der Waals surface area contributed by atoms with Crippen LogP contribution in [0.25, 0.3) is 5.65 Å². The summed E-state index contributed by atoms with van der Waals surface area (Å²) in [5, 5.41) is 27.3. The number of anilines is 3. The standard InChI is InChI=1S/C25H32ClN9O3/c1-13(36)22(27)25(38)32-16-6-4-15(5-7-16)31-21-11-18(30-14-2-3-14)23-29-12-19(35(23)34-21)24(37)33-17-8-9-28-20(26)10-17/h8-16,22,30,36H,2-7,27H2,1H3,(H,31,34)(H,32,38)(H,28,33,37)/t13-,15-,16-,22+/m1/s1. The summed E-state index contributed by atoms with van der Waals surface area (Å²) in [4.78, 5) is 33.7. The predicted molar refractivity (Wildman–Crippen MR) is 144 cm³/mol. The largest absolute Gasteiger partial charge is 0.391 e. The molecule has 2 fully saturated rings. The number of amides is 2. The zero-order valence-electron chi connectivity index (χ0n) is 21.0. The summed E-state index contributed by atoms with van der Waals surface area (Å²) in [6, 6.07) is 4.76. The van der Waals surface area contributed by atoms with Crippen molar-refractivity contribution in [2.75, 3.05) is 16.0 Å². The monoisotopic (exact) mass is 541 g/mol. The van der Waals surface area contributed by atoms with Crippen molar-refractivity contribution in [2.45, 2.75) is 75.7 Å². The second-order valence-electron chi connectivity index (χ2n) is 10.0. The SMILES string of the molecule is C[C@@H](O)[C@H](N)C(=O)N[C@H]1CC[C@H](Nc2cc(NC3CC3)c3ncc(C(=O)Nc4ccnc(Cl)c4)n3n2)CC1. The minimum Gasteiger partial charge on any atom is -0.391 e. The number of aliphatic hydroxyl groups is 1. The summed E-state index contributed by atoms with van der Waals surface area (Å²) < 4.78 is 1.55. The van der Waals surface area contributed by atoms with E-state index in [1.54, 1.807) is 16.6 Å². The molecule has 7 N–H and O–H groups in total. The Balaban J connectivity index is 1.30. The molecule has 0 saturated heterocycles. The normalized spacial score (nSPS) is 20.9. The van der Waals surface area contributed by atoms with Crippen molar-refractivity contribution in [1.29, 1.82) is 0 Å². The van der Waals surface area contributed by atoms with E-state index in [2.05, 4.69) is 31.2 Å². The first-order chi connectivity index (χ1) is 18.3. The molecular weight excluding hydrogens is 510 g/mol. The average Bonchev–Trinajstić information content (AvgIpc) is 3.59. The van der Waals surface area contributed by atoms with Crippen molar-refractivity contribution in [3.05, 3.63) is 41.4 Å². The van der Waals surface area contributed by atoms with Crippen LogP contribution in [0.15, 0.2) is 30.6 Å². The molecule has 0 aliphatic heterocycles. The van der Waals surface area contributed by atoms with Crippen LogP contribution >= 0.6 is 11.6 Å². The van der Waals surface area contributed by atoms with Gasteiger partial charge < -0.3 is 32.1 Å². The highest BCUT2D eigenvalue weighted by Gasteiger charge is 2.28. The molecule has 0 radical (unpaired) electrons. The van der Waals surface area contributed by atoms with Crippen LogP contribution in [0.5, 0.6) is 0 Å². The van der Waals surface area contributed by atoms with Gasteiger partial charge in [0.05, 0.1) is 18.0 Å². The molecule has 3 aromatic heterocycles. The van der Waals surface area contributed by atoms with Crippen molar-refractivity contribution < 1.29 is 14.7 Å². The Kier molecular flexibility index (Phi) is 7.63.